The molecule has 2 atom stereocenters. The molecule has 1 aromatic heterocycles. The molecule has 0 spiro atoms. The van der Waals surface area contributed by atoms with Gasteiger partial charge in [-0.1, -0.05) is 26.8 Å². The van der Waals surface area contributed by atoms with Crippen molar-refractivity contribution in [1.82, 2.24) is 15.0 Å². The lowest BCUT2D eigenvalue weighted by Gasteiger charge is -2.19. The average molecular weight is 462 g/mol. The summed E-state index contributed by atoms with van der Waals surface area (Å²) in [7, 11) is -3.69. The Labute approximate surface area is 179 Å². The molecule has 2 aromatic rings. The molecular formula is C19H26F3N5O3S. The molecule has 0 aliphatic heterocycles. The fourth-order valence-electron chi connectivity index (χ4n) is 3.02. The standard InChI is InChI=1S/C19H26F3N5O3S/c1-10(2)7-12(9-28)23-18-24-15(25-19(26-18)27-31(4,29)30)8-11(3)13-5-6-14(20)17(22)16(13)21/h5-6,10-12,28H,7-9H2,1-4H3,(H2,23,24,25,26,27)/t11?,12-/m1/s1. The van der Waals surface area contributed by atoms with Gasteiger partial charge in [0, 0.05) is 6.42 Å². The van der Waals surface area contributed by atoms with E-state index in [1.165, 1.54) is 0 Å². The molecular weight excluding hydrogens is 435 g/mol. The first-order valence-corrected chi connectivity index (χ1v) is 11.5. The number of nitrogens with zero attached hydrogens (tertiary/aromatic N) is 3. The van der Waals surface area contributed by atoms with Gasteiger partial charge in [-0.05, 0) is 29.9 Å². The zero-order valence-corrected chi connectivity index (χ0v) is 18.5. The second-order valence-electron chi connectivity index (χ2n) is 7.80. The quantitative estimate of drug-likeness (QED) is 0.466. The van der Waals surface area contributed by atoms with Crippen LogP contribution in [0.2, 0.25) is 0 Å². The van der Waals surface area contributed by atoms with Crippen LogP contribution in [0, 0.1) is 23.4 Å². The number of aliphatic hydroxyl groups is 1. The van der Waals surface area contributed by atoms with Gasteiger partial charge in [0.1, 0.15) is 5.82 Å². The van der Waals surface area contributed by atoms with E-state index >= 15 is 0 Å². The highest BCUT2D eigenvalue weighted by Crippen LogP contribution is 2.25. The van der Waals surface area contributed by atoms with Gasteiger partial charge in [-0.2, -0.15) is 15.0 Å². The fourth-order valence-corrected chi connectivity index (χ4v) is 3.45. The molecule has 0 amide bonds. The van der Waals surface area contributed by atoms with Gasteiger partial charge < -0.3 is 10.4 Å². The normalized spacial score (nSPS) is 13.8. The van der Waals surface area contributed by atoms with Gasteiger partial charge in [0.25, 0.3) is 0 Å². The van der Waals surface area contributed by atoms with Gasteiger partial charge in [-0.15, -0.1) is 0 Å². The molecule has 0 aliphatic carbocycles. The molecule has 1 unspecified atom stereocenters. The van der Waals surface area contributed by atoms with Crippen molar-refractivity contribution in [2.75, 3.05) is 22.9 Å². The minimum absolute atomic E-state index is 0.00833. The largest absolute Gasteiger partial charge is 0.394 e. The topological polar surface area (TPSA) is 117 Å². The van der Waals surface area contributed by atoms with Crippen LogP contribution in [-0.4, -0.2) is 47.4 Å². The third-order valence-electron chi connectivity index (χ3n) is 4.35. The molecule has 0 radical (unpaired) electrons. The van der Waals surface area contributed by atoms with Gasteiger partial charge in [0.2, 0.25) is 21.9 Å². The molecule has 0 aliphatic rings. The second-order valence-corrected chi connectivity index (χ2v) is 9.54. The molecule has 3 N–H and O–H groups in total. The lowest BCUT2D eigenvalue weighted by molar-refractivity contribution is 0.259. The van der Waals surface area contributed by atoms with Crippen LogP contribution in [0.25, 0.3) is 0 Å². The lowest BCUT2D eigenvalue weighted by atomic mass is 9.96. The van der Waals surface area contributed by atoms with E-state index in [2.05, 4.69) is 25.0 Å². The third kappa shape index (κ3) is 7.31. The minimum Gasteiger partial charge on any atom is -0.394 e. The Morgan fingerprint density at radius 1 is 1.03 bits per heavy atom. The van der Waals surface area contributed by atoms with Crippen molar-refractivity contribution in [3.63, 3.8) is 0 Å². The summed E-state index contributed by atoms with van der Waals surface area (Å²) >= 11 is 0. The third-order valence-corrected chi connectivity index (χ3v) is 4.91. The number of nitrogens with one attached hydrogen (secondary N) is 2. The summed E-state index contributed by atoms with van der Waals surface area (Å²) in [4.78, 5) is 12.3. The first kappa shape index (κ1) is 24.8. The maximum Gasteiger partial charge on any atom is 0.241 e. The van der Waals surface area contributed by atoms with Crippen LogP contribution in [0.1, 0.15) is 44.5 Å². The molecule has 0 bridgehead atoms. The number of aliphatic hydroxyl groups excluding tert-OH is 1. The Hall–Kier alpha value is -2.47. The van der Waals surface area contributed by atoms with E-state index in [1.807, 2.05) is 13.8 Å². The molecule has 0 saturated heterocycles. The van der Waals surface area contributed by atoms with Crippen LogP contribution < -0.4 is 10.0 Å². The highest BCUT2D eigenvalue weighted by molar-refractivity contribution is 7.91. The summed E-state index contributed by atoms with van der Waals surface area (Å²) in [6, 6.07) is 1.58. The van der Waals surface area contributed by atoms with Crippen molar-refractivity contribution >= 4 is 21.9 Å². The monoisotopic (exact) mass is 461 g/mol. The summed E-state index contributed by atoms with van der Waals surface area (Å²) < 4.78 is 66.3. The van der Waals surface area contributed by atoms with Gasteiger partial charge in [0.15, 0.2) is 17.5 Å². The smallest absolute Gasteiger partial charge is 0.241 e. The van der Waals surface area contributed by atoms with Gasteiger partial charge in [-0.3, -0.25) is 4.72 Å². The Kier molecular flexibility index (Phi) is 8.18. The first-order chi connectivity index (χ1) is 14.4. The molecule has 0 saturated carbocycles. The minimum atomic E-state index is -3.69. The number of halogens is 3. The maximum absolute atomic E-state index is 14.1. The summed E-state index contributed by atoms with van der Waals surface area (Å²) in [5, 5.41) is 12.5. The number of sulfonamides is 1. The number of hydrogen-bond donors (Lipinski definition) is 3. The van der Waals surface area contributed by atoms with Crippen molar-refractivity contribution in [3.8, 4) is 0 Å². The van der Waals surface area contributed by atoms with Crippen LogP contribution >= 0.6 is 0 Å². The van der Waals surface area contributed by atoms with E-state index in [0.717, 1.165) is 18.4 Å². The molecule has 8 nitrogen and oxygen atoms in total. The number of rotatable bonds is 10. The highest BCUT2D eigenvalue weighted by atomic mass is 32.2. The highest BCUT2D eigenvalue weighted by Gasteiger charge is 2.21. The molecule has 31 heavy (non-hydrogen) atoms. The predicted molar refractivity (Wildman–Crippen MR) is 111 cm³/mol. The van der Waals surface area contributed by atoms with E-state index in [4.69, 9.17) is 0 Å². The average Bonchev–Trinajstić information content (AvgIpc) is 2.63. The molecule has 0 fully saturated rings. The van der Waals surface area contributed by atoms with E-state index in [1.54, 1.807) is 6.92 Å². The molecule has 172 valence electrons. The van der Waals surface area contributed by atoms with Crippen molar-refractivity contribution in [1.29, 1.82) is 0 Å². The number of aromatic nitrogens is 3. The van der Waals surface area contributed by atoms with E-state index in [0.29, 0.717) is 6.42 Å². The van der Waals surface area contributed by atoms with E-state index < -0.39 is 33.4 Å². The zero-order chi connectivity index (χ0) is 23.3. The van der Waals surface area contributed by atoms with E-state index in [-0.39, 0.29) is 48.3 Å². The Morgan fingerprint density at radius 3 is 2.26 bits per heavy atom. The fraction of sp³-hybridized carbons (Fsp3) is 0.526. The lowest BCUT2D eigenvalue weighted by Crippen LogP contribution is -2.27. The second kappa shape index (κ2) is 10.2. The van der Waals surface area contributed by atoms with Gasteiger partial charge in [0.05, 0.1) is 18.9 Å². The van der Waals surface area contributed by atoms with Crippen LogP contribution in [0.4, 0.5) is 25.1 Å². The zero-order valence-electron chi connectivity index (χ0n) is 17.7. The van der Waals surface area contributed by atoms with Crippen molar-refractivity contribution < 1.29 is 26.7 Å². The van der Waals surface area contributed by atoms with Gasteiger partial charge in [-0.25, -0.2) is 21.6 Å². The Bertz CT molecular complexity index is 1020. The van der Waals surface area contributed by atoms with Crippen LogP contribution in [-0.2, 0) is 16.4 Å². The van der Waals surface area contributed by atoms with Gasteiger partial charge >= 0.3 is 0 Å². The van der Waals surface area contributed by atoms with Crippen LogP contribution in [0.15, 0.2) is 12.1 Å². The molecule has 12 heteroatoms. The van der Waals surface area contributed by atoms with Crippen LogP contribution in [0.3, 0.4) is 0 Å². The maximum atomic E-state index is 14.1. The molecule has 1 aromatic carbocycles. The molecule has 2 rings (SSSR count). The Morgan fingerprint density at radius 2 is 1.68 bits per heavy atom. The first-order valence-electron chi connectivity index (χ1n) is 9.63. The Balaban J connectivity index is 2.36. The summed E-state index contributed by atoms with van der Waals surface area (Å²) in [5.41, 5.74) is -0.0699. The predicted octanol–water partition coefficient (Wildman–Crippen LogP) is 2.83. The summed E-state index contributed by atoms with van der Waals surface area (Å²) in [6.07, 6.45) is 1.52. The summed E-state index contributed by atoms with van der Waals surface area (Å²) in [6.45, 7) is 5.31. The number of anilines is 2. The van der Waals surface area contributed by atoms with Crippen molar-refractivity contribution in [2.45, 2.75) is 45.6 Å². The molecule has 1 heterocycles. The number of hydrogen-bond acceptors (Lipinski definition) is 7. The summed E-state index contributed by atoms with van der Waals surface area (Å²) in [5.74, 6) is -4.69. The number of benzene rings is 1. The van der Waals surface area contributed by atoms with Crippen molar-refractivity contribution in [2.24, 2.45) is 5.92 Å². The van der Waals surface area contributed by atoms with Crippen molar-refractivity contribution in [3.05, 3.63) is 41.0 Å². The SMILES string of the molecule is CC(C)C[C@H](CO)Nc1nc(CC(C)c2ccc(F)c(F)c2F)nc(NS(C)(=O)=O)n1. The van der Waals surface area contributed by atoms with E-state index in [9.17, 15) is 26.7 Å². The van der Waals surface area contributed by atoms with Crippen LogP contribution in [0.5, 0.6) is 0 Å².